The van der Waals surface area contributed by atoms with E-state index in [1.807, 2.05) is 0 Å². The molecule has 0 N–H and O–H groups in total. The molecule has 8 bridgehead atoms. The molecule has 0 unspecified atom stereocenters. The van der Waals surface area contributed by atoms with Crippen molar-refractivity contribution in [3.8, 4) is 0 Å². The molecule has 0 aliphatic carbocycles. The van der Waals surface area contributed by atoms with Gasteiger partial charge in [0.05, 0.1) is 0 Å². The summed E-state index contributed by atoms with van der Waals surface area (Å²) in [6, 6.07) is 17.8. The molecule has 4 heteroatoms. The van der Waals surface area contributed by atoms with Crippen LogP contribution in [0.5, 0.6) is 0 Å². The summed E-state index contributed by atoms with van der Waals surface area (Å²) in [6.07, 6.45) is 13.0. The van der Waals surface area contributed by atoms with Gasteiger partial charge in [-0.3, -0.25) is 0 Å². The first-order valence-electron chi connectivity index (χ1n) is 9.05. The van der Waals surface area contributed by atoms with Gasteiger partial charge in [0.2, 0.25) is 12.7 Å². The van der Waals surface area contributed by atoms with Gasteiger partial charge < -0.3 is 0 Å². The average molecular weight is 342 g/mol. The first-order valence-corrected chi connectivity index (χ1v) is 9.05. The fourth-order valence-electron chi connectivity index (χ4n) is 3.75. The normalized spacial score (nSPS) is 13.5. The van der Waals surface area contributed by atoms with Crippen LogP contribution in [0.15, 0.2) is 86.0 Å². The summed E-state index contributed by atoms with van der Waals surface area (Å²) in [7, 11) is 0. The monoisotopic (exact) mass is 342 g/mol. The van der Waals surface area contributed by atoms with Crippen LogP contribution >= 0.6 is 0 Å². The van der Waals surface area contributed by atoms with E-state index in [0.29, 0.717) is 0 Å². The molecule has 0 radical (unpaired) electrons. The van der Waals surface area contributed by atoms with Crippen molar-refractivity contribution in [2.45, 2.75) is 26.2 Å². The molecular weight excluding hydrogens is 320 g/mol. The van der Waals surface area contributed by atoms with Gasteiger partial charge in [0.1, 0.15) is 51.0 Å². The molecule has 0 fully saturated rings. The van der Waals surface area contributed by atoms with Crippen LogP contribution < -0.4 is 9.13 Å². The van der Waals surface area contributed by atoms with Crippen molar-refractivity contribution in [3.05, 3.63) is 108 Å². The number of hydrogen-bond acceptors (Lipinski definition) is 0. The summed E-state index contributed by atoms with van der Waals surface area (Å²) >= 11 is 0. The van der Waals surface area contributed by atoms with Crippen LogP contribution in [0.1, 0.15) is 22.3 Å². The molecule has 1 aliphatic rings. The summed E-state index contributed by atoms with van der Waals surface area (Å²) in [4.78, 5) is 0. The zero-order chi connectivity index (χ0) is 17.3. The predicted molar refractivity (Wildman–Crippen MR) is 98.5 cm³/mol. The second-order valence-corrected chi connectivity index (χ2v) is 7.16. The Balaban J connectivity index is 1.57. The smallest absolute Gasteiger partial charge is 0.233 e. The molecule has 2 aromatic heterocycles. The van der Waals surface area contributed by atoms with Gasteiger partial charge in [-0.15, -0.1) is 0 Å². The van der Waals surface area contributed by atoms with Crippen LogP contribution in [0.2, 0.25) is 0 Å². The Hall–Kier alpha value is -3.14. The van der Waals surface area contributed by atoms with Crippen LogP contribution in [0.3, 0.4) is 0 Å². The Morgan fingerprint density at radius 3 is 1.62 bits per heavy atom. The second-order valence-electron chi connectivity index (χ2n) is 7.16. The fourth-order valence-corrected chi connectivity index (χ4v) is 3.75. The summed E-state index contributed by atoms with van der Waals surface area (Å²) in [5, 5.41) is 0. The lowest BCUT2D eigenvalue weighted by molar-refractivity contribution is -0.688. The van der Waals surface area contributed by atoms with Crippen molar-refractivity contribution in [1.29, 1.82) is 0 Å². The van der Waals surface area contributed by atoms with Crippen molar-refractivity contribution < 1.29 is 9.13 Å². The van der Waals surface area contributed by atoms with Crippen LogP contribution in [0.25, 0.3) is 0 Å². The van der Waals surface area contributed by atoms with Crippen molar-refractivity contribution in [2.24, 2.45) is 0 Å². The van der Waals surface area contributed by atoms with E-state index in [4.69, 9.17) is 0 Å². The zero-order valence-corrected chi connectivity index (χ0v) is 14.7. The minimum absolute atomic E-state index is 0.895. The molecule has 0 saturated carbocycles. The largest absolute Gasteiger partial charge is 0.244 e. The maximum absolute atomic E-state index is 2.31. The van der Waals surface area contributed by atoms with Crippen molar-refractivity contribution in [1.82, 2.24) is 9.13 Å². The molecule has 26 heavy (non-hydrogen) atoms. The highest BCUT2D eigenvalue weighted by Crippen LogP contribution is 2.10. The maximum atomic E-state index is 2.31. The fraction of sp³-hybridized carbons (Fsp3) is 0.182. The van der Waals surface area contributed by atoms with E-state index in [1.54, 1.807) is 0 Å². The van der Waals surface area contributed by atoms with Crippen molar-refractivity contribution >= 4 is 0 Å². The van der Waals surface area contributed by atoms with Gasteiger partial charge in [-0.05, 0) is 34.4 Å². The van der Waals surface area contributed by atoms with Crippen LogP contribution in [-0.4, -0.2) is 9.13 Å². The molecule has 0 spiro atoms. The molecule has 0 saturated heterocycles. The average Bonchev–Trinajstić information content (AvgIpc) is 3.24. The lowest BCUT2D eigenvalue weighted by atomic mass is 10.1. The molecule has 1 aliphatic heterocycles. The molecule has 3 heterocycles. The SMILES string of the molecule is c1cc2cc(c1)Cn1cc[n+](c1)Cc1cccc(c1)C[n+]1ccn(c1)C2. The molecule has 128 valence electrons. The molecule has 4 nitrogen and oxygen atoms in total. The van der Waals surface area contributed by atoms with E-state index in [1.165, 1.54) is 22.3 Å². The first kappa shape index (κ1) is 15.1. The summed E-state index contributed by atoms with van der Waals surface area (Å²) in [5.41, 5.74) is 5.33. The lowest BCUT2D eigenvalue weighted by Gasteiger charge is -2.04. The van der Waals surface area contributed by atoms with Crippen LogP contribution in [0, 0.1) is 0 Å². The van der Waals surface area contributed by atoms with Gasteiger partial charge in [0.15, 0.2) is 0 Å². The molecule has 4 aromatic rings. The summed E-state index contributed by atoms with van der Waals surface area (Å²) in [5.74, 6) is 0. The highest BCUT2D eigenvalue weighted by molar-refractivity contribution is 5.24. The van der Waals surface area contributed by atoms with Crippen LogP contribution in [-0.2, 0) is 26.2 Å². The number of aromatic nitrogens is 4. The zero-order valence-electron chi connectivity index (χ0n) is 14.7. The van der Waals surface area contributed by atoms with Gasteiger partial charge in [-0.1, -0.05) is 36.4 Å². The second kappa shape index (κ2) is 6.30. The Bertz CT molecular complexity index is 900. The third-order valence-corrected chi connectivity index (χ3v) is 4.94. The van der Waals surface area contributed by atoms with E-state index >= 15 is 0 Å². The Morgan fingerprint density at radius 2 is 1.08 bits per heavy atom. The third-order valence-electron chi connectivity index (χ3n) is 4.94. The maximum Gasteiger partial charge on any atom is 0.244 e. The first-order chi connectivity index (χ1) is 12.8. The molecule has 5 rings (SSSR count). The summed E-state index contributed by atoms with van der Waals surface area (Å²) in [6.45, 7) is 3.58. The van der Waals surface area contributed by atoms with Gasteiger partial charge in [-0.2, -0.15) is 0 Å². The van der Waals surface area contributed by atoms with E-state index in [-0.39, 0.29) is 0 Å². The van der Waals surface area contributed by atoms with Crippen molar-refractivity contribution in [3.63, 3.8) is 0 Å². The van der Waals surface area contributed by atoms with E-state index in [9.17, 15) is 0 Å². The Labute approximate surface area is 153 Å². The van der Waals surface area contributed by atoms with E-state index in [2.05, 4.69) is 104 Å². The number of hydrogen-bond donors (Lipinski definition) is 0. The van der Waals surface area contributed by atoms with Gasteiger partial charge in [0.25, 0.3) is 0 Å². The number of nitrogens with zero attached hydrogens (tertiary/aromatic N) is 4. The van der Waals surface area contributed by atoms with Gasteiger partial charge >= 0.3 is 0 Å². The highest BCUT2D eigenvalue weighted by Gasteiger charge is 2.11. The minimum Gasteiger partial charge on any atom is -0.233 e. The van der Waals surface area contributed by atoms with Crippen LogP contribution in [0.4, 0.5) is 0 Å². The van der Waals surface area contributed by atoms with Crippen molar-refractivity contribution in [2.75, 3.05) is 0 Å². The lowest BCUT2D eigenvalue weighted by Crippen LogP contribution is -2.33. The number of rotatable bonds is 0. The van der Waals surface area contributed by atoms with E-state index in [0.717, 1.165) is 26.2 Å². The molecule has 0 amide bonds. The number of imidazole rings is 2. The molecule has 0 atom stereocenters. The number of benzene rings is 2. The van der Waals surface area contributed by atoms with E-state index < -0.39 is 0 Å². The standard InChI is InChI=1S/C22H22N4/c1-3-19-11-20(4-1)14-24-8-10-26(18-24)16-22-6-2-5-21(12-22)15-25-9-7-23(13-19)17-25/h1-12,17-18H,13-16H2/q+2. The number of fused-ring (bicyclic) bond motifs is 8. The Morgan fingerprint density at radius 1 is 0.615 bits per heavy atom. The minimum atomic E-state index is 0.895. The van der Waals surface area contributed by atoms with Gasteiger partial charge in [0, 0.05) is 0 Å². The predicted octanol–water partition coefficient (Wildman–Crippen LogP) is 2.37. The van der Waals surface area contributed by atoms with Gasteiger partial charge in [-0.25, -0.2) is 18.3 Å². The topological polar surface area (TPSA) is 17.6 Å². The quantitative estimate of drug-likeness (QED) is 0.385. The summed E-state index contributed by atoms with van der Waals surface area (Å²) < 4.78 is 8.99. The molecule has 2 aromatic carbocycles. The molecular formula is C22H22N4+2. The third kappa shape index (κ3) is 3.18. The Kier molecular flexibility index (Phi) is 3.67. The highest BCUT2D eigenvalue weighted by atomic mass is 15.1.